The number of aromatic carboxylic acids is 2. The van der Waals surface area contributed by atoms with Crippen molar-refractivity contribution in [1.82, 2.24) is 9.97 Å². The number of carbonyl (C=O) groups is 6. The Balaban J connectivity index is 1.12. The summed E-state index contributed by atoms with van der Waals surface area (Å²) in [5, 5.41) is 18.7. The SMILES string of the molecule is O=C(O)c1ccc2c(c1)C(=O)N(c1ccc(-c3cc(-c4ccc(N5C(=O)c6ccc(C(=O)O)cc6C5=O)cc4)nc(-c4ccccc4)n3)cc1)C2=O. The third-order valence-electron chi connectivity index (χ3n) is 8.87. The molecule has 5 aromatic carbocycles. The fraction of sp³-hybridized carbons (Fsp3) is 0. The lowest BCUT2D eigenvalue weighted by Crippen LogP contribution is -2.29. The van der Waals surface area contributed by atoms with E-state index in [1.54, 1.807) is 54.6 Å². The number of carbonyl (C=O) groups excluding carboxylic acids is 4. The van der Waals surface area contributed by atoms with Gasteiger partial charge in [0.25, 0.3) is 23.6 Å². The second kappa shape index (κ2) is 12.1. The van der Waals surface area contributed by atoms with E-state index in [9.17, 15) is 39.0 Å². The van der Waals surface area contributed by atoms with Crippen molar-refractivity contribution in [3.05, 3.63) is 155 Å². The van der Waals surface area contributed by atoms with Crippen molar-refractivity contribution in [1.29, 1.82) is 0 Å². The van der Waals surface area contributed by atoms with Crippen LogP contribution in [0.15, 0.2) is 121 Å². The van der Waals surface area contributed by atoms with Gasteiger partial charge in [0.2, 0.25) is 0 Å². The van der Waals surface area contributed by atoms with Crippen LogP contribution in [0.2, 0.25) is 0 Å². The van der Waals surface area contributed by atoms with Crippen LogP contribution in [0, 0.1) is 0 Å². The van der Waals surface area contributed by atoms with E-state index in [-0.39, 0.29) is 33.4 Å². The number of hydrogen-bond donors (Lipinski definition) is 2. The summed E-state index contributed by atoms with van der Waals surface area (Å²) in [6.07, 6.45) is 0. The lowest BCUT2D eigenvalue weighted by Gasteiger charge is -2.15. The molecule has 2 N–H and O–H groups in total. The van der Waals surface area contributed by atoms with Crippen LogP contribution in [0.4, 0.5) is 11.4 Å². The van der Waals surface area contributed by atoms with Crippen molar-refractivity contribution in [3.8, 4) is 33.9 Å². The van der Waals surface area contributed by atoms with Gasteiger partial charge in [-0.3, -0.25) is 19.2 Å². The van der Waals surface area contributed by atoms with E-state index >= 15 is 0 Å². The molecule has 0 bridgehead atoms. The third-order valence-corrected chi connectivity index (χ3v) is 8.87. The van der Waals surface area contributed by atoms with Crippen molar-refractivity contribution in [2.75, 3.05) is 9.80 Å². The van der Waals surface area contributed by atoms with E-state index < -0.39 is 35.6 Å². The predicted molar refractivity (Wildman–Crippen MR) is 187 cm³/mol. The highest BCUT2D eigenvalue weighted by Crippen LogP contribution is 2.34. The van der Waals surface area contributed by atoms with E-state index in [0.29, 0.717) is 39.7 Å². The molecular weight excluding hydrogens is 664 g/mol. The number of anilines is 2. The molecular formula is C40H22N4O8. The second-order valence-electron chi connectivity index (χ2n) is 11.9. The third kappa shape index (κ3) is 5.18. The maximum absolute atomic E-state index is 13.2. The molecule has 8 rings (SSSR count). The van der Waals surface area contributed by atoms with Gasteiger partial charge >= 0.3 is 11.9 Å². The Kier molecular flexibility index (Phi) is 7.35. The van der Waals surface area contributed by atoms with Gasteiger partial charge in [-0.2, -0.15) is 0 Å². The highest BCUT2D eigenvalue weighted by atomic mass is 16.4. The zero-order chi connectivity index (χ0) is 36.3. The summed E-state index contributed by atoms with van der Waals surface area (Å²) < 4.78 is 0. The van der Waals surface area contributed by atoms with Crippen molar-refractivity contribution in [2.45, 2.75) is 0 Å². The summed E-state index contributed by atoms with van der Waals surface area (Å²) in [4.78, 5) is 87.2. The molecule has 0 saturated heterocycles. The van der Waals surface area contributed by atoms with Gasteiger partial charge in [-0.05, 0) is 66.7 Å². The Hall–Kier alpha value is -7.60. The van der Waals surface area contributed by atoms with Crippen LogP contribution >= 0.6 is 0 Å². The minimum absolute atomic E-state index is 0.0169. The van der Waals surface area contributed by atoms with Gasteiger partial charge in [0, 0.05) is 16.7 Å². The summed E-state index contributed by atoms with van der Waals surface area (Å²) in [6, 6.07) is 32.0. The van der Waals surface area contributed by atoms with Gasteiger partial charge in [-0.1, -0.05) is 54.6 Å². The van der Waals surface area contributed by atoms with Crippen molar-refractivity contribution < 1.29 is 39.0 Å². The standard InChI is InChI=1S/C40H22N4O8/c45-35-28-16-10-24(39(49)50)18-30(28)37(47)43(35)26-12-6-21(7-13-26)32-20-33(42-34(41-32)23-4-2-1-3-5-23)22-8-14-27(15-9-22)44-36(46)29-17-11-25(40(51)52)19-31(29)38(44)48/h1-20H,(H,49,50)(H,51,52). The minimum Gasteiger partial charge on any atom is -0.478 e. The molecule has 4 amide bonds. The number of carboxylic acids is 2. The van der Waals surface area contributed by atoms with E-state index in [1.165, 1.54) is 36.4 Å². The van der Waals surface area contributed by atoms with Crippen molar-refractivity contribution in [2.24, 2.45) is 0 Å². The van der Waals surface area contributed by atoms with Gasteiger partial charge in [0.05, 0.1) is 56.1 Å². The summed E-state index contributed by atoms with van der Waals surface area (Å²) >= 11 is 0. The predicted octanol–water partition coefficient (Wildman–Crippen LogP) is 6.48. The van der Waals surface area contributed by atoms with Crippen LogP contribution in [0.3, 0.4) is 0 Å². The van der Waals surface area contributed by atoms with Gasteiger partial charge in [-0.25, -0.2) is 29.4 Å². The van der Waals surface area contributed by atoms with E-state index in [4.69, 9.17) is 9.97 Å². The van der Waals surface area contributed by atoms with Crippen LogP contribution in [-0.2, 0) is 0 Å². The number of aromatic nitrogens is 2. The Bertz CT molecular complexity index is 2390. The Morgan fingerprint density at radius 1 is 0.442 bits per heavy atom. The Morgan fingerprint density at radius 2 is 0.846 bits per heavy atom. The number of carboxylic acid groups (broad SMARTS) is 2. The summed E-state index contributed by atoms with van der Waals surface area (Å²) in [7, 11) is 0. The zero-order valence-corrected chi connectivity index (χ0v) is 26.7. The lowest BCUT2D eigenvalue weighted by molar-refractivity contribution is 0.0686. The number of amides is 4. The molecule has 250 valence electrons. The molecule has 2 aliphatic heterocycles. The first kappa shape index (κ1) is 31.7. The van der Waals surface area contributed by atoms with Gasteiger partial charge in [0.1, 0.15) is 0 Å². The fourth-order valence-corrected chi connectivity index (χ4v) is 6.24. The summed E-state index contributed by atoms with van der Waals surface area (Å²) in [6.45, 7) is 0. The molecule has 3 heterocycles. The maximum atomic E-state index is 13.2. The van der Waals surface area contributed by atoms with E-state index in [1.807, 2.05) is 30.3 Å². The molecule has 0 atom stereocenters. The second-order valence-corrected chi connectivity index (χ2v) is 11.9. The molecule has 12 heteroatoms. The monoisotopic (exact) mass is 686 g/mol. The Labute approximate surface area is 293 Å². The molecule has 12 nitrogen and oxygen atoms in total. The molecule has 0 spiro atoms. The lowest BCUT2D eigenvalue weighted by atomic mass is 10.1. The molecule has 2 aliphatic rings. The first-order valence-electron chi connectivity index (χ1n) is 15.8. The number of benzene rings is 5. The van der Waals surface area contributed by atoms with Gasteiger partial charge in [-0.15, -0.1) is 0 Å². The number of fused-ring (bicyclic) bond motifs is 2. The number of imide groups is 2. The average Bonchev–Trinajstić information content (AvgIpc) is 3.57. The minimum atomic E-state index is -1.21. The van der Waals surface area contributed by atoms with Crippen LogP contribution in [0.5, 0.6) is 0 Å². The normalized spacial score (nSPS) is 13.4. The largest absolute Gasteiger partial charge is 0.478 e. The van der Waals surface area contributed by atoms with Crippen LogP contribution in [0.1, 0.15) is 62.1 Å². The zero-order valence-electron chi connectivity index (χ0n) is 26.7. The van der Waals surface area contributed by atoms with E-state index in [2.05, 4.69) is 0 Å². The average molecular weight is 687 g/mol. The highest BCUT2D eigenvalue weighted by Gasteiger charge is 2.38. The molecule has 1 aromatic heterocycles. The van der Waals surface area contributed by atoms with Crippen LogP contribution < -0.4 is 9.80 Å². The van der Waals surface area contributed by atoms with Crippen LogP contribution in [-0.4, -0.2) is 55.7 Å². The summed E-state index contributed by atoms with van der Waals surface area (Å²) in [5.74, 6) is -4.36. The fourth-order valence-electron chi connectivity index (χ4n) is 6.24. The molecule has 0 unspecified atom stereocenters. The number of rotatable bonds is 7. The van der Waals surface area contributed by atoms with Crippen LogP contribution in [0.25, 0.3) is 33.9 Å². The molecule has 0 radical (unpaired) electrons. The number of hydrogen-bond acceptors (Lipinski definition) is 8. The molecule has 52 heavy (non-hydrogen) atoms. The maximum Gasteiger partial charge on any atom is 0.335 e. The molecule has 0 fully saturated rings. The topological polar surface area (TPSA) is 175 Å². The molecule has 0 saturated carbocycles. The van der Waals surface area contributed by atoms with Gasteiger partial charge < -0.3 is 10.2 Å². The van der Waals surface area contributed by atoms with Gasteiger partial charge in [0.15, 0.2) is 5.82 Å². The van der Waals surface area contributed by atoms with E-state index in [0.717, 1.165) is 15.4 Å². The summed E-state index contributed by atoms with van der Waals surface area (Å²) in [5.41, 5.74) is 3.78. The highest BCUT2D eigenvalue weighted by molar-refractivity contribution is 6.35. The van der Waals surface area contributed by atoms with Crippen molar-refractivity contribution >= 4 is 46.9 Å². The Morgan fingerprint density at radius 3 is 1.25 bits per heavy atom. The molecule has 0 aliphatic carbocycles. The first-order chi connectivity index (χ1) is 25.1. The first-order valence-corrected chi connectivity index (χ1v) is 15.8. The smallest absolute Gasteiger partial charge is 0.335 e. The molecule has 6 aromatic rings. The number of nitrogens with zero attached hydrogens (tertiary/aromatic N) is 4. The van der Waals surface area contributed by atoms with Crippen molar-refractivity contribution in [3.63, 3.8) is 0 Å². The quantitative estimate of drug-likeness (QED) is 0.177.